The highest BCUT2D eigenvalue weighted by Crippen LogP contribution is 1.85. The summed E-state index contributed by atoms with van der Waals surface area (Å²) >= 11 is 0. The van der Waals surface area contributed by atoms with Gasteiger partial charge in [-0.05, 0) is 6.92 Å². The summed E-state index contributed by atoms with van der Waals surface area (Å²) in [5.74, 6) is 8.02. The minimum atomic E-state index is -0.368. The Bertz CT molecular complexity index is 182. The van der Waals surface area contributed by atoms with E-state index in [1.807, 2.05) is 0 Å². The summed E-state index contributed by atoms with van der Waals surface area (Å²) in [6.07, 6.45) is 5.07. The Kier molecular flexibility index (Phi) is 6.48. The van der Waals surface area contributed by atoms with Crippen molar-refractivity contribution in [3.63, 3.8) is 0 Å². The van der Waals surface area contributed by atoms with Crippen LogP contribution in [0.25, 0.3) is 0 Å². The smallest absolute Gasteiger partial charge is 0.102 e. The van der Waals surface area contributed by atoms with Crippen molar-refractivity contribution in [2.45, 2.75) is 6.92 Å². The number of halogens is 1. The van der Waals surface area contributed by atoms with Gasteiger partial charge in [0.25, 0.3) is 0 Å². The molecule has 0 aromatic carbocycles. The number of rotatable bonds is 4. The maximum absolute atomic E-state index is 11.8. The van der Waals surface area contributed by atoms with Gasteiger partial charge in [-0.3, -0.25) is 4.90 Å². The van der Waals surface area contributed by atoms with Crippen LogP contribution in [0, 0.1) is 24.2 Å². The average Bonchev–Trinajstić information content (AvgIpc) is 2.01. The molecule has 0 aliphatic heterocycles. The lowest BCUT2D eigenvalue weighted by atomic mass is 10.4. The monoisotopic (exact) mass is 153 g/mol. The van der Waals surface area contributed by atoms with Crippen LogP contribution in [0.4, 0.5) is 4.39 Å². The van der Waals surface area contributed by atoms with Gasteiger partial charge in [0.1, 0.15) is 6.67 Å². The number of hydrogen-bond acceptors (Lipinski definition) is 1. The van der Waals surface area contributed by atoms with Gasteiger partial charge in [0.2, 0.25) is 0 Å². The van der Waals surface area contributed by atoms with E-state index >= 15 is 0 Å². The van der Waals surface area contributed by atoms with E-state index in [4.69, 9.17) is 6.42 Å². The first-order chi connectivity index (χ1) is 5.35. The van der Waals surface area contributed by atoms with Crippen LogP contribution in [0.5, 0.6) is 0 Å². The molecule has 0 fully saturated rings. The van der Waals surface area contributed by atoms with Crippen LogP contribution >= 0.6 is 0 Å². The van der Waals surface area contributed by atoms with Gasteiger partial charge in [0, 0.05) is 6.54 Å². The van der Waals surface area contributed by atoms with E-state index < -0.39 is 0 Å². The molecule has 0 saturated heterocycles. The largest absolute Gasteiger partial charge is 0.279 e. The van der Waals surface area contributed by atoms with E-state index in [0.29, 0.717) is 19.6 Å². The molecule has 0 aliphatic rings. The molecule has 0 rings (SSSR count). The van der Waals surface area contributed by atoms with Gasteiger partial charge < -0.3 is 0 Å². The molecule has 0 N–H and O–H groups in total. The fourth-order valence-electron chi connectivity index (χ4n) is 0.653. The fourth-order valence-corrected chi connectivity index (χ4v) is 0.653. The lowest BCUT2D eigenvalue weighted by molar-refractivity contribution is 0.302. The molecule has 2 heteroatoms. The zero-order valence-electron chi connectivity index (χ0n) is 6.73. The number of terminal acetylenes is 1. The van der Waals surface area contributed by atoms with Crippen molar-refractivity contribution in [3.05, 3.63) is 0 Å². The Morgan fingerprint density at radius 3 is 2.64 bits per heavy atom. The number of hydrogen-bond donors (Lipinski definition) is 0. The SMILES string of the molecule is C#CCN(CC#CC)CCF. The Morgan fingerprint density at radius 1 is 1.45 bits per heavy atom. The maximum Gasteiger partial charge on any atom is 0.102 e. The third-order valence-corrected chi connectivity index (χ3v) is 1.20. The summed E-state index contributed by atoms with van der Waals surface area (Å²) in [7, 11) is 0. The average molecular weight is 153 g/mol. The van der Waals surface area contributed by atoms with E-state index in [1.165, 1.54) is 0 Å². The van der Waals surface area contributed by atoms with Gasteiger partial charge in [-0.2, -0.15) is 0 Å². The van der Waals surface area contributed by atoms with Gasteiger partial charge in [-0.25, -0.2) is 4.39 Å². The van der Waals surface area contributed by atoms with Gasteiger partial charge >= 0.3 is 0 Å². The van der Waals surface area contributed by atoms with Gasteiger partial charge in [0.15, 0.2) is 0 Å². The van der Waals surface area contributed by atoms with Crippen molar-refractivity contribution in [1.29, 1.82) is 0 Å². The van der Waals surface area contributed by atoms with Gasteiger partial charge in [-0.1, -0.05) is 11.8 Å². The highest BCUT2D eigenvalue weighted by Gasteiger charge is 1.98. The normalized spacial score (nSPS) is 8.55. The third kappa shape index (κ3) is 5.45. The van der Waals surface area contributed by atoms with Crippen molar-refractivity contribution in [2.75, 3.05) is 26.3 Å². The van der Waals surface area contributed by atoms with Crippen LogP contribution in [0.3, 0.4) is 0 Å². The molecule has 0 atom stereocenters. The molecule has 0 unspecified atom stereocenters. The zero-order valence-corrected chi connectivity index (χ0v) is 6.73. The molecular formula is C9H12FN. The van der Waals surface area contributed by atoms with Crippen LogP contribution < -0.4 is 0 Å². The fraction of sp³-hybridized carbons (Fsp3) is 0.556. The number of nitrogens with zero attached hydrogens (tertiary/aromatic N) is 1. The van der Waals surface area contributed by atoms with Crippen LogP contribution in [-0.4, -0.2) is 31.2 Å². The summed E-state index contributed by atoms with van der Waals surface area (Å²) in [4.78, 5) is 1.79. The summed E-state index contributed by atoms with van der Waals surface area (Å²) in [6, 6.07) is 0. The lowest BCUT2D eigenvalue weighted by Gasteiger charge is -2.13. The molecule has 0 spiro atoms. The van der Waals surface area contributed by atoms with Crippen LogP contribution in [-0.2, 0) is 0 Å². The second-order valence-corrected chi connectivity index (χ2v) is 2.03. The van der Waals surface area contributed by atoms with Crippen molar-refractivity contribution in [3.8, 4) is 24.2 Å². The topological polar surface area (TPSA) is 3.24 Å². The molecule has 0 bridgehead atoms. The third-order valence-electron chi connectivity index (χ3n) is 1.20. The Morgan fingerprint density at radius 2 is 2.18 bits per heavy atom. The molecule has 0 amide bonds. The maximum atomic E-state index is 11.8. The molecule has 1 nitrogen and oxygen atoms in total. The first-order valence-electron chi connectivity index (χ1n) is 3.46. The molecule has 0 heterocycles. The quantitative estimate of drug-likeness (QED) is 0.543. The summed E-state index contributed by atoms with van der Waals surface area (Å²) in [5.41, 5.74) is 0. The molecule has 0 aliphatic carbocycles. The molecule has 0 radical (unpaired) electrons. The Hall–Kier alpha value is -0.990. The van der Waals surface area contributed by atoms with E-state index in [0.717, 1.165) is 0 Å². The molecule has 0 aromatic rings. The minimum Gasteiger partial charge on any atom is -0.279 e. The Balaban J connectivity index is 3.67. The second-order valence-electron chi connectivity index (χ2n) is 2.03. The van der Waals surface area contributed by atoms with Crippen molar-refractivity contribution < 1.29 is 4.39 Å². The summed E-state index contributed by atoms with van der Waals surface area (Å²) in [6.45, 7) is 2.79. The minimum absolute atomic E-state index is 0.368. The lowest BCUT2D eigenvalue weighted by Crippen LogP contribution is -2.26. The standard InChI is InChI=1S/C9H12FN/c1-3-5-8-11(7-4-2)9-6-10/h2H,6-9H2,1H3. The first-order valence-corrected chi connectivity index (χ1v) is 3.46. The zero-order chi connectivity index (χ0) is 8.53. The predicted octanol–water partition coefficient (Wildman–Crippen LogP) is 0.914. The first kappa shape index (κ1) is 10.0. The Labute approximate surface area is 67.6 Å². The van der Waals surface area contributed by atoms with Crippen LogP contribution in [0.1, 0.15) is 6.92 Å². The highest BCUT2D eigenvalue weighted by atomic mass is 19.1. The molecular weight excluding hydrogens is 141 g/mol. The van der Waals surface area contributed by atoms with Crippen LogP contribution in [0.15, 0.2) is 0 Å². The molecule has 0 aromatic heterocycles. The summed E-state index contributed by atoms with van der Waals surface area (Å²) < 4.78 is 11.8. The van der Waals surface area contributed by atoms with E-state index in [9.17, 15) is 4.39 Å². The molecule has 60 valence electrons. The predicted molar refractivity (Wildman–Crippen MR) is 44.7 cm³/mol. The second kappa shape index (κ2) is 7.12. The summed E-state index contributed by atoms with van der Waals surface area (Å²) in [5, 5.41) is 0. The van der Waals surface area contributed by atoms with Crippen molar-refractivity contribution in [2.24, 2.45) is 0 Å². The highest BCUT2D eigenvalue weighted by molar-refractivity contribution is 5.00. The molecule has 0 saturated carbocycles. The van der Waals surface area contributed by atoms with Crippen LogP contribution in [0.2, 0.25) is 0 Å². The van der Waals surface area contributed by atoms with E-state index in [1.54, 1.807) is 11.8 Å². The van der Waals surface area contributed by atoms with Gasteiger partial charge in [-0.15, -0.1) is 12.3 Å². The van der Waals surface area contributed by atoms with E-state index in [2.05, 4.69) is 17.8 Å². The molecule has 11 heavy (non-hydrogen) atoms. The van der Waals surface area contributed by atoms with Gasteiger partial charge in [0.05, 0.1) is 13.1 Å². The van der Waals surface area contributed by atoms with Crippen molar-refractivity contribution in [1.82, 2.24) is 4.90 Å². The van der Waals surface area contributed by atoms with Crippen molar-refractivity contribution >= 4 is 0 Å². The number of alkyl halides is 1. The van der Waals surface area contributed by atoms with E-state index in [-0.39, 0.29) is 6.67 Å².